The molecule has 2 amide bonds. The maximum absolute atomic E-state index is 12.7. The number of carbonyl (C=O) groups is 3. The molecule has 4 rings (SSSR count). The average Bonchev–Trinajstić information content (AvgIpc) is 3.06. The minimum absolute atomic E-state index is 0.116. The second-order valence-corrected chi connectivity index (χ2v) is 7.58. The smallest absolute Gasteiger partial charge is 0.340 e. The van der Waals surface area contributed by atoms with Crippen molar-refractivity contribution in [1.29, 1.82) is 0 Å². The second-order valence-electron chi connectivity index (χ2n) is 7.58. The molecule has 1 N–H and O–H groups in total. The molecule has 0 fully saturated rings. The maximum atomic E-state index is 12.7. The Bertz CT molecular complexity index is 1180. The number of rotatable bonds is 4. The third-order valence-corrected chi connectivity index (χ3v) is 5.34. The number of fused-ring (bicyclic) bond motifs is 1. The molecule has 7 heteroatoms. The number of hydrogen-bond donors (Lipinski definition) is 1. The van der Waals surface area contributed by atoms with E-state index in [0.29, 0.717) is 16.9 Å². The van der Waals surface area contributed by atoms with Crippen LogP contribution in [0.3, 0.4) is 0 Å². The zero-order valence-corrected chi connectivity index (χ0v) is 17.6. The van der Waals surface area contributed by atoms with E-state index in [9.17, 15) is 14.4 Å². The van der Waals surface area contributed by atoms with E-state index in [4.69, 9.17) is 4.74 Å². The van der Waals surface area contributed by atoms with E-state index in [0.717, 1.165) is 22.6 Å². The van der Waals surface area contributed by atoms with Gasteiger partial charge >= 0.3 is 5.97 Å². The van der Waals surface area contributed by atoms with Crippen LogP contribution < -0.4 is 10.2 Å². The Labute approximate surface area is 180 Å². The Morgan fingerprint density at radius 2 is 1.74 bits per heavy atom. The summed E-state index contributed by atoms with van der Waals surface area (Å²) in [6.45, 7) is 5.21. The van der Waals surface area contributed by atoms with Crippen molar-refractivity contribution in [2.45, 2.75) is 20.8 Å². The van der Waals surface area contributed by atoms with Crippen LogP contribution in [0.15, 0.2) is 54.6 Å². The van der Waals surface area contributed by atoms with Crippen LogP contribution in [0.25, 0.3) is 5.69 Å². The number of carbonyl (C=O) groups excluding carboxylic acids is 3. The van der Waals surface area contributed by atoms with E-state index in [1.54, 1.807) is 30.3 Å². The molecule has 2 heterocycles. The number of anilines is 2. The topological polar surface area (TPSA) is 80.6 Å². The van der Waals surface area contributed by atoms with Crippen LogP contribution in [-0.2, 0) is 14.3 Å². The number of nitrogens with zero attached hydrogens (tertiary/aromatic N) is 2. The Kier molecular flexibility index (Phi) is 5.33. The van der Waals surface area contributed by atoms with E-state index >= 15 is 0 Å². The highest BCUT2D eigenvalue weighted by Crippen LogP contribution is 2.29. The Morgan fingerprint density at radius 3 is 2.48 bits per heavy atom. The molecule has 31 heavy (non-hydrogen) atoms. The number of amides is 2. The summed E-state index contributed by atoms with van der Waals surface area (Å²) in [6.07, 6.45) is 0. The molecule has 0 saturated heterocycles. The molecular formula is C24H23N3O4. The Hall–Kier alpha value is -3.87. The lowest BCUT2D eigenvalue weighted by atomic mass is 10.2. The van der Waals surface area contributed by atoms with Gasteiger partial charge in [0.05, 0.1) is 16.9 Å². The quantitative estimate of drug-likeness (QED) is 0.659. The molecular weight excluding hydrogens is 394 g/mol. The lowest BCUT2D eigenvalue weighted by molar-refractivity contribution is -0.124. The fraction of sp³-hybridized carbons (Fsp3) is 0.208. The molecule has 0 spiro atoms. The molecule has 158 valence electrons. The van der Waals surface area contributed by atoms with Gasteiger partial charge in [-0.05, 0) is 51.1 Å². The highest BCUT2D eigenvalue weighted by Gasteiger charge is 2.28. The number of benzene rings is 2. The lowest BCUT2D eigenvalue weighted by Crippen LogP contribution is -2.44. The molecule has 0 bridgehead atoms. The fourth-order valence-electron chi connectivity index (χ4n) is 3.80. The molecule has 0 saturated carbocycles. The summed E-state index contributed by atoms with van der Waals surface area (Å²) < 4.78 is 7.30. The Morgan fingerprint density at radius 1 is 1.03 bits per heavy atom. The first-order chi connectivity index (χ1) is 14.8. The van der Waals surface area contributed by atoms with E-state index in [-0.39, 0.29) is 12.5 Å². The van der Waals surface area contributed by atoms with Crippen LogP contribution in [0.2, 0.25) is 0 Å². The number of aromatic nitrogens is 1. The summed E-state index contributed by atoms with van der Waals surface area (Å²) in [6, 6.07) is 16.8. The van der Waals surface area contributed by atoms with Crippen molar-refractivity contribution >= 4 is 29.2 Å². The molecule has 0 aliphatic carbocycles. The van der Waals surface area contributed by atoms with Crippen LogP contribution in [0.1, 0.15) is 27.3 Å². The molecule has 7 nitrogen and oxygen atoms in total. The average molecular weight is 417 g/mol. The highest BCUT2D eigenvalue weighted by molar-refractivity contribution is 6.10. The summed E-state index contributed by atoms with van der Waals surface area (Å²) in [5, 5.41) is 2.73. The van der Waals surface area contributed by atoms with E-state index in [1.807, 2.05) is 49.6 Å². The van der Waals surface area contributed by atoms with Gasteiger partial charge in [-0.2, -0.15) is 0 Å². The van der Waals surface area contributed by atoms with Crippen molar-refractivity contribution in [1.82, 2.24) is 4.57 Å². The van der Waals surface area contributed by atoms with Gasteiger partial charge in [0.15, 0.2) is 6.61 Å². The van der Waals surface area contributed by atoms with Crippen molar-refractivity contribution in [2.75, 3.05) is 23.4 Å². The van der Waals surface area contributed by atoms with Gasteiger partial charge in [0.2, 0.25) is 5.91 Å². The summed E-state index contributed by atoms with van der Waals surface area (Å²) >= 11 is 0. The third kappa shape index (κ3) is 3.94. The zero-order valence-electron chi connectivity index (χ0n) is 17.6. The fourth-order valence-corrected chi connectivity index (χ4v) is 3.80. The number of para-hydroxylation sites is 2. The third-order valence-electron chi connectivity index (χ3n) is 5.34. The molecule has 2 aromatic carbocycles. The van der Waals surface area contributed by atoms with Crippen molar-refractivity contribution in [3.8, 4) is 5.69 Å². The van der Waals surface area contributed by atoms with Gasteiger partial charge in [-0.3, -0.25) is 14.5 Å². The minimum Gasteiger partial charge on any atom is -0.452 e. The molecule has 1 aromatic heterocycles. The van der Waals surface area contributed by atoms with Crippen LogP contribution in [0.4, 0.5) is 11.4 Å². The number of ether oxygens (including phenoxy) is 1. The second kappa shape index (κ2) is 8.10. The highest BCUT2D eigenvalue weighted by atomic mass is 16.5. The van der Waals surface area contributed by atoms with Gasteiger partial charge < -0.3 is 14.6 Å². The molecule has 1 aliphatic rings. The molecule has 1 aliphatic heterocycles. The predicted molar refractivity (Wildman–Crippen MR) is 118 cm³/mol. The van der Waals surface area contributed by atoms with Crippen molar-refractivity contribution in [3.05, 3.63) is 77.1 Å². The van der Waals surface area contributed by atoms with Crippen molar-refractivity contribution < 1.29 is 19.1 Å². The van der Waals surface area contributed by atoms with Crippen LogP contribution in [0.5, 0.6) is 0 Å². The van der Waals surface area contributed by atoms with Gasteiger partial charge in [0.1, 0.15) is 6.54 Å². The first-order valence-electron chi connectivity index (χ1n) is 9.97. The largest absolute Gasteiger partial charge is 0.452 e. The molecule has 3 aromatic rings. The van der Waals surface area contributed by atoms with Gasteiger partial charge in [0.25, 0.3) is 5.91 Å². The Balaban J connectivity index is 1.50. The van der Waals surface area contributed by atoms with Gasteiger partial charge in [-0.15, -0.1) is 0 Å². The normalized spacial score (nSPS) is 12.9. The van der Waals surface area contributed by atoms with Gasteiger partial charge in [0, 0.05) is 17.1 Å². The maximum Gasteiger partial charge on any atom is 0.340 e. The first kappa shape index (κ1) is 20.4. The summed E-state index contributed by atoms with van der Waals surface area (Å²) in [5.41, 5.74) is 5.27. The summed E-state index contributed by atoms with van der Waals surface area (Å²) in [7, 11) is 0. The van der Waals surface area contributed by atoms with Crippen molar-refractivity contribution in [3.63, 3.8) is 0 Å². The van der Waals surface area contributed by atoms with Crippen LogP contribution in [0, 0.1) is 20.8 Å². The minimum atomic E-state index is -0.574. The predicted octanol–water partition coefficient (Wildman–Crippen LogP) is 3.54. The van der Waals surface area contributed by atoms with Gasteiger partial charge in [-0.1, -0.05) is 29.8 Å². The summed E-state index contributed by atoms with van der Waals surface area (Å²) in [4.78, 5) is 38.7. The van der Waals surface area contributed by atoms with E-state index < -0.39 is 18.5 Å². The van der Waals surface area contributed by atoms with Crippen LogP contribution >= 0.6 is 0 Å². The first-order valence-corrected chi connectivity index (χ1v) is 9.97. The van der Waals surface area contributed by atoms with Crippen LogP contribution in [-0.4, -0.2) is 35.5 Å². The van der Waals surface area contributed by atoms with Gasteiger partial charge in [-0.25, -0.2) is 4.79 Å². The number of nitrogens with one attached hydrogen (secondary N) is 1. The van der Waals surface area contributed by atoms with Crippen molar-refractivity contribution in [2.24, 2.45) is 0 Å². The molecule has 0 unspecified atom stereocenters. The number of hydrogen-bond acceptors (Lipinski definition) is 4. The molecule has 0 atom stereocenters. The number of esters is 1. The standard InChI is InChI=1S/C24H23N3O4/c1-15-8-10-18(11-9-15)27-16(2)12-19(17(27)3)24(30)31-14-23(29)26-13-22(28)25-20-6-4-5-7-21(20)26/h4-12H,13-14H2,1-3H3,(H,25,28). The summed E-state index contributed by atoms with van der Waals surface area (Å²) in [5.74, 6) is -1.32. The molecule has 0 radical (unpaired) electrons. The number of aryl methyl sites for hydroxylation is 2. The zero-order chi connectivity index (χ0) is 22.1. The SMILES string of the molecule is Cc1ccc(-n2c(C)cc(C(=O)OCC(=O)N3CC(=O)Nc4ccccc43)c2C)cc1. The van der Waals surface area contributed by atoms with E-state index in [1.165, 1.54) is 4.90 Å². The lowest BCUT2D eigenvalue weighted by Gasteiger charge is -2.28. The monoisotopic (exact) mass is 417 g/mol. The van der Waals surface area contributed by atoms with E-state index in [2.05, 4.69) is 5.32 Å².